The first-order valence-electron chi connectivity index (χ1n) is 10.1. The van der Waals surface area contributed by atoms with Crippen LogP contribution in [0.2, 0.25) is 0 Å². The molecule has 2 aliphatic rings. The number of imide groups is 1. The minimum Gasteiger partial charge on any atom is -0.376 e. The lowest BCUT2D eigenvalue weighted by molar-refractivity contribution is -0.139. The van der Waals surface area contributed by atoms with Crippen LogP contribution in [-0.2, 0) is 20.7 Å². The van der Waals surface area contributed by atoms with Crippen LogP contribution < -0.4 is 0 Å². The van der Waals surface area contributed by atoms with Crippen LogP contribution in [-0.4, -0.2) is 58.9 Å². The average Bonchev–Trinajstić information content (AvgIpc) is 3.49. The van der Waals surface area contributed by atoms with Crippen LogP contribution in [0.4, 0.5) is 0 Å². The Morgan fingerprint density at radius 1 is 1.24 bits per heavy atom. The number of carbonyl (C=O) groups is 2. The van der Waals surface area contributed by atoms with E-state index in [1.165, 1.54) is 16.2 Å². The number of aromatic nitrogens is 1. The number of nitrogens with zero attached hydrogens (tertiary/aromatic N) is 3. The lowest BCUT2D eigenvalue weighted by Gasteiger charge is -2.25. The highest BCUT2D eigenvalue weighted by atomic mass is 32.1. The van der Waals surface area contributed by atoms with Gasteiger partial charge < -0.3 is 9.64 Å². The summed E-state index contributed by atoms with van der Waals surface area (Å²) in [7, 11) is 0. The highest BCUT2D eigenvalue weighted by Gasteiger charge is 2.42. The summed E-state index contributed by atoms with van der Waals surface area (Å²) in [5, 5.41) is 1.94. The molecule has 1 saturated heterocycles. The molecule has 4 heterocycles. The Labute approximate surface area is 174 Å². The Kier molecular flexibility index (Phi) is 6.06. The van der Waals surface area contributed by atoms with Crippen molar-refractivity contribution in [3.63, 3.8) is 0 Å². The van der Waals surface area contributed by atoms with Crippen molar-refractivity contribution in [3.05, 3.63) is 58.2 Å². The molecule has 152 valence electrons. The third-order valence-electron chi connectivity index (χ3n) is 5.44. The van der Waals surface area contributed by atoms with Crippen LogP contribution in [0.1, 0.15) is 30.2 Å². The minimum atomic E-state index is -0.203. The van der Waals surface area contributed by atoms with E-state index in [2.05, 4.69) is 4.98 Å². The summed E-state index contributed by atoms with van der Waals surface area (Å²) in [5.41, 5.74) is 2.20. The maximum Gasteiger partial charge on any atom is 0.277 e. The lowest BCUT2D eigenvalue weighted by atomic mass is 10.1. The first-order chi connectivity index (χ1) is 14.2. The summed E-state index contributed by atoms with van der Waals surface area (Å²) in [4.78, 5) is 35.0. The first kappa shape index (κ1) is 19.8. The Bertz CT molecular complexity index is 889. The number of pyridine rings is 1. The molecule has 7 heteroatoms. The highest BCUT2D eigenvalue weighted by molar-refractivity contribution is 7.11. The van der Waals surface area contributed by atoms with Crippen molar-refractivity contribution in [1.82, 2.24) is 14.8 Å². The fraction of sp³-hybridized carbons (Fsp3) is 0.409. The molecule has 0 bridgehead atoms. The van der Waals surface area contributed by atoms with Gasteiger partial charge in [0.2, 0.25) is 0 Å². The predicted molar refractivity (Wildman–Crippen MR) is 112 cm³/mol. The zero-order valence-electron chi connectivity index (χ0n) is 16.5. The Morgan fingerprint density at radius 2 is 2.07 bits per heavy atom. The van der Waals surface area contributed by atoms with E-state index < -0.39 is 0 Å². The van der Waals surface area contributed by atoms with Crippen LogP contribution in [0, 0.1) is 0 Å². The quantitative estimate of drug-likeness (QED) is 0.625. The van der Waals surface area contributed by atoms with E-state index in [1.54, 1.807) is 12.4 Å². The Morgan fingerprint density at radius 3 is 2.72 bits per heavy atom. The molecule has 2 amide bonds. The number of amides is 2. The average molecular weight is 412 g/mol. The van der Waals surface area contributed by atoms with Gasteiger partial charge in [-0.15, -0.1) is 11.3 Å². The van der Waals surface area contributed by atoms with Gasteiger partial charge in [0.25, 0.3) is 11.8 Å². The molecule has 1 atom stereocenters. The second kappa shape index (κ2) is 8.88. The van der Waals surface area contributed by atoms with E-state index in [-0.39, 0.29) is 17.9 Å². The molecule has 0 saturated carbocycles. The monoisotopic (exact) mass is 411 g/mol. The standard InChI is InChI=1S/C22H25N3O3S/c1-2-24(12-9-16-7-10-23-11-8-16)20-19(18-6-4-14-29-18)21(26)25(22(20)27)15-17-5-3-13-28-17/h4,6-8,10-11,14,17H,2-3,5,9,12-13,15H2,1H3. The van der Waals surface area contributed by atoms with E-state index in [1.807, 2.05) is 41.5 Å². The van der Waals surface area contributed by atoms with Gasteiger partial charge in [0, 0.05) is 37.0 Å². The highest BCUT2D eigenvalue weighted by Crippen LogP contribution is 2.34. The summed E-state index contributed by atoms with van der Waals surface area (Å²) in [6.45, 7) is 4.37. The van der Waals surface area contributed by atoms with Gasteiger partial charge >= 0.3 is 0 Å². The fourth-order valence-corrected chi connectivity index (χ4v) is 4.66. The molecule has 1 unspecified atom stereocenters. The summed E-state index contributed by atoms with van der Waals surface area (Å²) in [6.07, 6.45) is 6.14. The summed E-state index contributed by atoms with van der Waals surface area (Å²) >= 11 is 1.49. The molecule has 0 N–H and O–H groups in total. The molecular weight excluding hydrogens is 386 g/mol. The number of likely N-dealkylation sites (N-methyl/N-ethyl adjacent to an activating group) is 1. The minimum absolute atomic E-state index is 0.0567. The predicted octanol–water partition coefficient (Wildman–Crippen LogP) is 2.97. The third-order valence-corrected chi connectivity index (χ3v) is 6.33. The van der Waals surface area contributed by atoms with Crippen molar-refractivity contribution >= 4 is 28.7 Å². The Hall–Kier alpha value is -2.51. The van der Waals surface area contributed by atoms with Gasteiger partial charge in [-0.3, -0.25) is 19.5 Å². The van der Waals surface area contributed by atoms with Gasteiger partial charge in [-0.25, -0.2) is 0 Å². The van der Waals surface area contributed by atoms with Crippen LogP contribution >= 0.6 is 11.3 Å². The molecule has 1 fully saturated rings. The van der Waals surface area contributed by atoms with Crippen LogP contribution in [0.15, 0.2) is 47.7 Å². The van der Waals surface area contributed by atoms with Crippen molar-refractivity contribution in [3.8, 4) is 0 Å². The van der Waals surface area contributed by atoms with E-state index in [0.29, 0.717) is 37.5 Å². The molecule has 0 aromatic carbocycles. The number of ether oxygens (including phenoxy) is 1. The zero-order chi connectivity index (χ0) is 20.2. The SMILES string of the molecule is CCN(CCc1ccncc1)C1=C(c2cccs2)C(=O)N(CC2CCCO2)C1=O. The van der Waals surface area contributed by atoms with Gasteiger partial charge in [0.1, 0.15) is 5.70 Å². The number of thiophene rings is 1. The smallest absolute Gasteiger partial charge is 0.277 e. The molecule has 0 aliphatic carbocycles. The third kappa shape index (κ3) is 4.11. The number of rotatable bonds is 8. The van der Waals surface area contributed by atoms with E-state index in [0.717, 1.165) is 29.7 Å². The van der Waals surface area contributed by atoms with Gasteiger partial charge in [-0.05, 0) is 55.3 Å². The van der Waals surface area contributed by atoms with Crippen LogP contribution in [0.5, 0.6) is 0 Å². The van der Waals surface area contributed by atoms with E-state index in [9.17, 15) is 9.59 Å². The van der Waals surface area contributed by atoms with Crippen molar-refractivity contribution in [2.24, 2.45) is 0 Å². The summed E-state index contributed by atoms with van der Waals surface area (Å²) in [5.74, 6) is -0.407. The number of hydrogen-bond donors (Lipinski definition) is 0. The van der Waals surface area contributed by atoms with Crippen molar-refractivity contribution in [1.29, 1.82) is 0 Å². The van der Waals surface area contributed by atoms with Gasteiger partial charge in [-0.2, -0.15) is 0 Å². The second-order valence-corrected chi connectivity index (χ2v) is 8.19. The molecule has 29 heavy (non-hydrogen) atoms. The van der Waals surface area contributed by atoms with Crippen molar-refractivity contribution in [2.75, 3.05) is 26.2 Å². The fourth-order valence-electron chi connectivity index (χ4n) is 3.90. The lowest BCUT2D eigenvalue weighted by Crippen LogP contribution is -2.40. The van der Waals surface area contributed by atoms with Gasteiger partial charge in [0.05, 0.1) is 18.2 Å². The summed E-state index contributed by atoms with van der Waals surface area (Å²) < 4.78 is 5.68. The van der Waals surface area contributed by atoms with Crippen molar-refractivity contribution in [2.45, 2.75) is 32.3 Å². The molecule has 6 nitrogen and oxygen atoms in total. The van der Waals surface area contributed by atoms with Crippen LogP contribution in [0.25, 0.3) is 5.57 Å². The maximum atomic E-state index is 13.4. The molecule has 0 radical (unpaired) electrons. The molecule has 2 aliphatic heterocycles. The second-order valence-electron chi connectivity index (χ2n) is 7.24. The normalized spacial score (nSPS) is 19.5. The van der Waals surface area contributed by atoms with Crippen molar-refractivity contribution < 1.29 is 14.3 Å². The van der Waals surface area contributed by atoms with E-state index >= 15 is 0 Å². The largest absolute Gasteiger partial charge is 0.376 e. The van der Waals surface area contributed by atoms with Gasteiger partial charge in [0.15, 0.2) is 0 Å². The number of carbonyl (C=O) groups excluding carboxylic acids is 2. The Balaban J connectivity index is 1.62. The summed E-state index contributed by atoms with van der Waals surface area (Å²) in [6, 6.07) is 7.79. The zero-order valence-corrected chi connectivity index (χ0v) is 17.4. The topological polar surface area (TPSA) is 62.7 Å². The number of hydrogen-bond acceptors (Lipinski definition) is 6. The van der Waals surface area contributed by atoms with Crippen LogP contribution in [0.3, 0.4) is 0 Å². The molecule has 2 aromatic rings. The molecule has 4 rings (SSSR count). The van der Waals surface area contributed by atoms with E-state index in [4.69, 9.17) is 4.74 Å². The first-order valence-corrected chi connectivity index (χ1v) is 11.0. The molecule has 2 aromatic heterocycles. The molecular formula is C22H25N3O3S. The molecule has 0 spiro atoms. The maximum absolute atomic E-state index is 13.4. The van der Waals surface area contributed by atoms with Gasteiger partial charge in [-0.1, -0.05) is 6.07 Å².